The maximum atomic E-state index is 11.0. The molecule has 2 rings (SSSR count). The van der Waals surface area contributed by atoms with Crippen LogP contribution < -0.4 is 0 Å². The van der Waals surface area contributed by atoms with E-state index in [1.54, 1.807) is 0 Å². The van der Waals surface area contributed by atoms with E-state index in [9.17, 15) is 5.11 Å². The normalized spacial score (nSPS) is 24.8. The van der Waals surface area contributed by atoms with E-state index < -0.39 is 6.10 Å². The number of unbranched alkanes of at least 4 members (excludes halogenated alkanes) is 3. The van der Waals surface area contributed by atoms with Crippen molar-refractivity contribution in [2.24, 2.45) is 9.98 Å². The number of allylic oxidation sites excluding steroid dienone is 5. The molecule has 0 saturated carbocycles. The minimum atomic E-state index is -0.439. The molecule has 26 heavy (non-hydrogen) atoms. The third-order valence-electron chi connectivity index (χ3n) is 5.42. The predicted molar refractivity (Wildman–Crippen MR) is 113 cm³/mol. The summed E-state index contributed by atoms with van der Waals surface area (Å²) in [4.78, 5) is 9.49. The van der Waals surface area contributed by atoms with Crippen molar-refractivity contribution >= 4 is 11.4 Å². The Bertz CT molecular complexity index is 610. The quantitative estimate of drug-likeness (QED) is 0.537. The molecule has 0 fully saturated rings. The SMILES string of the molecule is CCCCCC/C(=C\C1=CCCC=C1)C(O)CC1N=C(C)C(C)=NC1C. The summed E-state index contributed by atoms with van der Waals surface area (Å²) >= 11 is 0. The minimum absolute atomic E-state index is 0.0728. The molecule has 0 amide bonds. The molecule has 1 heterocycles. The number of aliphatic hydroxyl groups is 1. The Kier molecular flexibility index (Phi) is 8.50. The summed E-state index contributed by atoms with van der Waals surface area (Å²) in [6, 6.07) is 0.215. The molecule has 0 spiro atoms. The van der Waals surface area contributed by atoms with Crippen LogP contribution >= 0.6 is 0 Å². The van der Waals surface area contributed by atoms with Crippen LogP contribution in [0, 0.1) is 0 Å². The van der Waals surface area contributed by atoms with Gasteiger partial charge in [-0.25, -0.2) is 0 Å². The van der Waals surface area contributed by atoms with Gasteiger partial charge in [0.25, 0.3) is 0 Å². The second-order valence-electron chi connectivity index (χ2n) is 7.70. The van der Waals surface area contributed by atoms with Crippen molar-refractivity contribution in [3.8, 4) is 0 Å². The molecule has 0 aromatic carbocycles. The third-order valence-corrected chi connectivity index (χ3v) is 5.42. The minimum Gasteiger partial charge on any atom is -0.389 e. The fourth-order valence-electron chi connectivity index (χ4n) is 3.61. The summed E-state index contributed by atoms with van der Waals surface area (Å²) in [7, 11) is 0. The highest BCUT2D eigenvalue weighted by molar-refractivity contribution is 6.41. The van der Waals surface area contributed by atoms with Crippen molar-refractivity contribution in [1.82, 2.24) is 0 Å². The lowest BCUT2D eigenvalue weighted by Crippen LogP contribution is -2.32. The first-order valence-electron chi connectivity index (χ1n) is 10.4. The molecule has 3 atom stereocenters. The number of hydrogen-bond acceptors (Lipinski definition) is 3. The first-order valence-corrected chi connectivity index (χ1v) is 10.4. The molecule has 3 unspecified atom stereocenters. The van der Waals surface area contributed by atoms with Gasteiger partial charge in [-0.15, -0.1) is 0 Å². The molecule has 0 bridgehead atoms. The second-order valence-corrected chi connectivity index (χ2v) is 7.70. The van der Waals surface area contributed by atoms with Crippen LogP contribution in [-0.2, 0) is 0 Å². The molecular weight excluding hydrogens is 320 g/mol. The van der Waals surface area contributed by atoms with Crippen molar-refractivity contribution in [2.75, 3.05) is 0 Å². The zero-order chi connectivity index (χ0) is 18.9. The number of hydrogen-bond donors (Lipinski definition) is 1. The average molecular weight is 357 g/mol. The zero-order valence-corrected chi connectivity index (χ0v) is 17.0. The lowest BCUT2D eigenvalue weighted by atomic mass is 9.91. The third kappa shape index (κ3) is 6.35. The van der Waals surface area contributed by atoms with E-state index in [0.717, 1.165) is 42.7 Å². The molecule has 0 saturated heterocycles. The highest BCUT2D eigenvalue weighted by Crippen LogP contribution is 2.24. The van der Waals surface area contributed by atoms with Crippen LogP contribution in [0.1, 0.15) is 79.1 Å². The zero-order valence-electron chi connectivity index (χ0n) is 17.0. The maximum Gasteiger partial charge on any atom is 0.0774 e. The van der Waals surface area contributed by atoms with E-state index in [2.05, 4.69) is 38.2 Å². The summed E-state index contributed by atoms with van der Waals surface area (Å²) < 4.78 is 0. The number of aliphatic imine (C=N–C) groups is 2. The van der Waals surface area contributed by atoms with Crippen LogP contribution in [0.2, 0.25) is 0 Å². The van der Waals surface area contributed by atoms with Gasteiger partial charge in [-0.3, -0.25) is 9.98 Å². The van der Waals surface area contributed by atoms with Gasteiger partial charge in [0, 0.05) is 6.42 Å². The Labute approximate surface area is 159 Å². The summed E-state index contributed by atoms with van der Waals surface area (Å²) in [5.74, 6) is 0. The molecule has 1 aliphatic carbocycles. The van der Waals surface area contributed by atoms with Crippen LogP contribution in [0.3, 0.4) is 0 Å². The fraction of sp³-hybridized carbons (Fsp3) is 0.652. The molecule has 0 aromatic rings. The molecule has 2 aliphatic rings. The van der Waals surface area contributed by atoms with Crippen molar-refractivity contribution in [3.63, 3.8) is 0 Å². The Morgan fingerprint density at radius 2 is 1.96 bits per heavy atom. The van der Waals surface area contributed by atoms with Crippen LogP contribution in [0.15, 0.2) is 45.4 Å². The molecule has 0 aromatic heterocycles. The van der Waals surface area contributed by atoms with Crippen molar-refractivity contribution in [3.05, 3.63) is 35.5 Å². The Morgan fingerprint density at radius 1 is 1.19 bits per heavy atom. The molecule has 3 nitrogen and oxygen atoms in total. The fourth-order valence-corrected chi connectivity index (χ4v) is 3.61. The van der Waals surface area contributed by atoms with Crippen LogP contribution in [-0.4, -0.2) is 34.7 Å². The van der Waals surface area contributed by atoms with E-state index in [1.807, 2.05) is 13.8 Å². The Morgan fingerprint density at radius 3 is 2.65 bits per heavy atom. The monoisotopic (exact) mass is 356 g/mol. The highest BCUT2D eigenvalue weighted by Gasteiger charge is 2.25. The molecule has 144 valence electrons. The summed E-state index contributed by atoms with van der Waals surface area (Å²) in [6.07, 6.45) is 17.2. The lowest BCUT2D eigenvalue weighted by Gasteiger charge is -2.26. The molecule has 1 N–H and O–H groups in total. The van der Waals surface area contributed by atoms with Gasteiger partial charge in [0.15, 0.2) is 0 Å². The predicted octanol–water partition coefficient (Wildman–Crippen LogP) is 5.60. The maximum absolute atomic E-state index is 11.0. The Hall–Kier alpha value is -1.48. The van der Waals surface area contributed by atoms with Crippen LogP contribution in [0.4, 0.5) is 0 Å². The van der Waals surface area contributed by atoms with Crippen molar-refractivity contribution in [2.45, 2.75) is 97.2 Å². The first-order chi connectivity index (χ1) is 12.5. The summed E-state index contributed by atoms with van der Waals surface area (Å²) in [5, 5.41) is 11.0. The largest absolute Gasteiger partial charge is 0.389 e. The van der Waals surface area contributed by atoms with Gasteiger partial charge in [-0.1, -0.05) is 50.5 Å². The van der Waals surface area contributed by atoms with E-state index in [4.69, 9.17) is 9.98 Å². The topological polar surface area (TPSA) is 45.0 Å². The van der Waals surface area contributed by atoms with Crippen LogP contribution in [0.5, 0.6) is 0 Å². The van der Waals surface area contributed by atoms with E-state index in [1.165, 1.54) is 24.8 Å². The van der Waals surface area contributed by atoms with Gasteiger partial charge in [0.2, 0.25) is 0 Å². The van der Waals surface area contributed by atoms with E-state index >= 15 is 0 Å². The van der Waals surface area contributed by atoms with Gasteiger partial charge < -0.3 is 5.11 Å². The number of aliphatic hydroxyl groups excluding tert-OH is 1. The standard InChI is InChI=1S/C23H36N2O/c1-5-6-7-11-14-21(15-20-12-9-8-10-13-20)23(26)16-22-19(4)24-17(2)18(3)25-22/h9,12-13,15,19,22-23,26H,5-8,10-11,14,16H2,1-4H3/b21-15+. The van der Waals surface area contributed by atoms with Gasteiger partial charge >= 0.3 is 0 Å². The molecule has 0 radical (unpaired) electrons. The first kappa shape index (κ1) is 20.8. The smallest absolute Gasteiger partial charge is 0.0774 e. The van der Waals surface area contributed by atoms with Gasteiger partial charge in [0.1, 0.15) is 0 Å². The average Bonchev–Trinajstić information content (AvgIpc) is 2.63. The van der Waals surface area contributed by atoms with Gasteiger partial charge in [-0.2, -0.15) is 0 Å². The van der Waals surface area contributed by atoms with Crippen molar-refractivity contribution in [1.29, 1.82) is 0 Å². The molecule has 1 aliphatic heterocycles. The van der Waals surface area contributed by atoms with E-state index in [-0.39, 0.29) is 12.1 Å². The van der Waals surface area contributed by atoms with Gasteiger partial charge in [0.05, 0.1) is 29.6 Å². The lowest BCUT2D eigenvalue weighted by molar-refractivity contribution is 0.182. The second kappa shape index (κ2) is 10.6. The summed E-state index contributed by atoms with van der Waals surface area (Å²) in [5.41, 5.74) is 4.43. The Balaban J connectivity index is 2.07. The molecule has 3 heteroatoms. The summed E-state index contributed by atoms with van der Waals surface area (Å²) in [6.45, 7) is 8.37. The van der Waals surface area contributed by atoms with Crippen molar-refractivity contribution < 1.29 is 5.11 Å². The molecular formula is C23H36N2O. The van der Waals surface area contributed by atoms with Gasteiger partial charge in [-0.05, 0) is 57.6 Å². The van der Waals surface area contributed by atoms with E-state index in [0.29, 0.717) is 6.42 Å². The highest BCUT2D eigenvalue weighted by atomic mass is 16.3. The number of nitrogens with zero attached hydrogens (tertiary/aromatic N) is 2. The number of rotatable bonds is 9. The van der Waals surface area contributed by atoms with Crippen LogP contribution in [0.25, 0.3) is 0 Å².